The topological polar surface area (TPSA) is 107 Å². The molecule has 0 spiro atoms. The molecule has 0 fully saturated rings. The van der Waals surface area contributed by atoms with Gasteiger partial charge in [0.2, 0.25) is 17.6 Å². The molecule has 4 aromatic rings. The summed E-state index contributed by atoms with van der Waals surface area (Å²) in [5.41, 5.74) is 7.16. The van der Waals surface area contributed by atoms with Crippen molar-refractivity contribution >= 4 is 23.6 Å². The first-order valence-corrected chi connectivity index (χ1v) is 11.4. The molecule has 33 heavy (non-hydrogen) atoms. The van der Waals surface area contributed by atoms with Crippen molar-refractivity contribution in [1.29, 1.82) is 0 Å². The summed E-state index contributed by atoms with van der Waals surface area (Å²) >= 11 is 1.28. The van der Waals surface area contributed by atoms with Gasteiger partial charge in [0.15, 0.2) is 10.9 Å². The lowest BCUT2D eigenvalue weighted by atomic mass is 10.2. The molecule has 0 aliphatic carbocycles. The number of thioether (sulfide) groups is 1. The number of para-hydroxylation sites is 1. The molecule has 2 heterocycles. The molecule has 2 amide bonds. The van der Waals surface area contributed by atoms with Crippen molar-refractivity contribution in [1.82, 2.24) is 19.7 Å². The second-order valence-corrected chi connectivity index (χ2v) is 8.20. The van der Waals surface area contributed by atoms with E-state index in [1.54, 1.807) is 17.2 Å². The van der Waals surface area contributed by atoms with E-state index in [0.717, 1.165) is 11.3 Å². The van der Waals surface area contributed by atoms with E-state index >= 15 is 0 Å². The average molecular weight is 462 g/mol. The fourth-order valence-electron chi connectivity index (χ4n) is 3.30. The molecule has 0 aliphatic heterocycles. The first-order valence-electron chi connectivity index (χ1n) is 10.4. The third-order valence-corrected chi connectivity index (χ3v) is 5.82. The van der Waals surface area contributed by atoms with Crippen LogP contribution >= 0.6 is 11.8 Å². The normalized spacial score (nSPS) is 10.8. The number of benzene rings is 2. The number of amides is 2. The SMILES string of the molecule is NC(=O)CCN(Cc1ccccc1)C(=O)CSc1nnc(-c2ccco2)n1-c1ccccc1. The minimum absolute atomic E-state index is 0.103. The standard InChI is InChI=1S/C24H23N5O3S/c25-21(30)13-14-28(16-18-8-3-1-4-9-18)22(31)17-33-24-27-26-23(20-12-7-15-32-20)29(24)19-10-5-2-6-11-19/h1-12,15H,13-14,16-17H2,(H2,25,30). The molecule has 0 radical (unpaired) electrons. The quantitative estimate of drug-likeness (QED) is 0.362. The van der Waals surface area contributed by atoms with Crippen LogP contribution in [-0.4, -0.2) is 43.8 Å². The predicted octanol–water partition coefficient (Wildman–Crippen LogP) is 3.52. The van der Waals surface area contributed by atoms with Crippen LogP contribution in [0.1, 0.15) is 12.0 Å². The zero-order valence-corrected chi connectivity index (χ0v) is 18.6. The lowest BCUT2D eigenvalue weighted by Crippen LogP contribution is -2.34. The van der Waals surface area contributed by atoms with Gasteiger partial charge in [0.25, 0.3) is 0 Å². The highest BCUT2D eigenvalue weighted by molar-refractivity contribution is 7.99. The zero-order valence-electron chi connectivity index (χ0n) is 17.8. The Morgan fingerprint density at radius 3 is 2.36 bits per heavy atom. The number of carbonyl (C=O) groups excluding carboxylic acids is 2. The fraction of sp³-hybridized carbons (Fsp3) is 0.167. The smallest absolute Gasteiger partial charge is 0.233 e. The fourth-order valence-corrected chi connectivity index (χ4v) is 4.15. The van der Waals surface area contributed by atoms with Crippen LogP contribution in [0.3, 0.4) is 0 Å². The Morgan fingerprint density at radius 2 is 1.70 bits per heavy atom. The van der Waals surface area contributed by atoms with Gasteiger partial charge in [0.05, 0.1) is 12.0 Å². The van der Waals surface area contributed by atoms with Crippen molar-refractivity contribution < 1.29 is 14.0 Å². The molecule has 0 atom stereocenters. The van der Waals surface area contributed by atoms with E-state index in [2.05, 4.69) is 10.2 Å². The van der Waals surface area contributed by atoms with Gasteiger partial charge in [0.1, 0.15) is 0 Å². The van der Waals surface area contributed by atoms with Crippen LogP contribution < -0.4 is 5.73 Å². The van der Waals surface area contributed by atoms with Crippen molar-refractivity contribution in [2.75, 3.05) is 12.3 Å². The number of carbonyl (C=O) groups is 2. The van der Waals surface area contributed by atoms with E-state index in [9.17, 15) is 9.59 Å². The highest BCUT2D eigenvalue weighted by Gasteiger charge is 2.21. The first-order chi connectivity index (χ1) is 16.1. The molecule has 168 valence electrons. The summed E-state index contributed by atoms with van der Waals surface area (Å²) in [6.07, 6.45) is 1.68. The van der Waals surface area contributed by atoms with Crippen LogP contribution in [-0.2, 0) is 16.1 Å². The Morgan fingerprint density at radius 1 is 0.970 bits per heavy atom. The zero-order chi connectivity index (χ0) is 23.0. The van der Waals surface area contributed by atoms with E-state index in [1.807, 2.05) is 71.3 Å². The van der Waals surface area contributed by atoms with Gasteiger partial charge in [-0.05, 0) is 29.8 Å². The van der Waals surface area contributed by atoms with Gasteiger partial charge >= 0.3 is 0 Å². The van der Waals surface area contributed by atoms with Crippen LogP contribution in [0, 0.1) is 0 Å². The van der Waals surface area contributed by atoms with Crippen LogP contribution in [0.2, 0.25) is 0 Å². The lowest BCUT2D eigenvalue weighted by Gasteiger charge is -2.22. The van der Waals surface area contributed by atoms with Gasteiger partial charge in [-0.15, -0.1) is 10.2 Å². The number of nitrogens with zero attached hydrogens (tertiary/aromatic N) is 4. The van der Waals surface area contributed by atoms with Gasteiger partial charge in [-0.3, -0.25) is 14.2 Å². The number of nitrogens with two attached hydrogens (primary N) is 1. The number of furan rings is 1. The maximum absolute atomic E-state index is 13.1. The average Bonchev–Trinajstić information content (AvgIpc) is 3.51. The third-order valence-electron chi connectivity index (χ3n) is 4.91. The summed E-state index contributed by atoms with van der Waals surface area (Å²) in [7, 11) is 0. The summed E-state index contributed by atoms with van der Waals surface area (Å²) in [5, 5.41) is 9.17. The van der Waals surface area contributed by atoms with Crippen molar-refractivity contribution in [3.63, 3.8) is 0 Å². The highest BCUT2D eigenvalue weighted by Crippen LogP contribution is 2.28. The van der Waals surface area contributed by atoms with Gasteiger partial charge in [0, 0.05) is 25.2 Å². The number of aromatic nitrogens is 3. The van der Waals surface area contributed by atoms with Crippen LogP contribution in [0.25, 0.3) is 17.3 Å². The Hall–Kier alpha value is -3.85. The molecule has 0 aliphatic rings. The molecule has 9 heteroatoms. The molecule has 2 aromatic carbocycles. The lowest BCUT2D eigenvalue weighted by molar-refractivity contribution is -0.129. The van der Waals surface area contributed by atoms with Crippen LogP contribution in [0.5, 0.6) is 0 Å². The van der Waals surface area contributed by atoms with E-state index in [-0.39, 0.29) is 24.6 Å². The van der Waals surface area contributed by atoms with Gasteiger partial charge in [-0.2, -0.15) is 0 Å². The molecule has 0 saturated heterocycles. The molecule has 4 rings (SSSR count). The summed E-state index contributed by atoms with van der Waals surface area (Å²) in [6.45, 7) is 0.656. The summed E-state index contributed by atoms with van der Waals surface area (Å²) < 4.78 is 7.39. The molecule has 8 nitrogen and oxygen atoms in total. The maximum Gasteiger partial charge on any atom is 0.233 e. The van der Waals surface area contributed by atoms with E-state index < -0.39 is 5.91 Å². The summed E-state index contributed by atoms with van der Waals surface area (Å²) in [4.78, 5) is 26.1. The van der Waals surface area contributed by atoms with Crippen LogP contribution in [0.4, 0.5) is 0 Å². The Kier molecular flexibility index (Phi) is 7.21. The highest BCUT2D eigenvalue weighted by atomic mass is 32.2. The minimum Gasteiger partial charge on any atom is -0.461 e. The van der Waals surface area contributed by atoms with Crippen molar-refractivity contribution in [2.24, 2.45) is 5.73 Å². The minimum atomic E-state index is -0.444. The van der Waals surface area contributed by atoms with E-state index in [4.69, 9.17) is 10.2 Å². The van der Waals surface area contributed by atoms with Crippen LogP contribution in [0.15, 0.2) is 88.6 Å². The molecular weight excluding hydrogens is 438 g/mol. The Bertz CT molecular complexity index is 1190. The van der Waals surface area contributed by atoms with Crippen molar-refractivity contribution in [2.45, 2.75) is 18.1 Å². The largest absolute Gasteiger partial charge is 0.461 e. The van der Waals surface area contributed by atoms with Gasteiger partial charge < -0.3 is 15.1 Å². The van der Waals surface area contributed by atoms with E-state index in [1.165, 1.54) is 11.8 Å². The number of hydrogen-bond acceptors (Lipinski definition) is 6. The van der Waals surface area contributed by atoms with Gasteiger partial charge in [-0.25, -0.2) is 0 Å². The molecule has 0 saturated carbocycles. The second-order valence-electron chi connectivity index (χ2n) is 7.26. The molecule has 2 aromatic heterocycles. The Labute approximate surface area is 195 Å². The van der Waals surface area contributed by atoms with Gasteiger partial charge in [-0.1, -0.05) is 60.3 Å². The molecule has 0 unspecified atom stereocenters. The first kappa shape index (κ1) is 22.3. The van der Waals surface area contributed by atoms with Crippen molar-refractivity contribution in [3.05, 3.63) is 84.6 Å². The number of primary amides is 1. The third kappa shape index (κ3) is 5.69. The monoisotopic (exact) mass is 461 g/mol. The Balaban J connectivity index is 1.54. The van der Waals surface area contributed by atoms with E-state index in [0.29, 0.717) is 23.3 Å². The maximum atomic E-state index is 13.1. The molecule has 2 N–H and O–H groups in total. The molecular formula is C24H23N5O3S. The predicted molar refractivity (Wildman–Crippen MR) is 125 cm³/mol. The van der Waals surface area contributed by atoms with Crippen molar-refractivity contribution in [3.8, 4) is 17.3 Å². The number of hydrogen-bond donors (Lipinski definition) is 1. The number of rotatable bonds is 10. The second kappa shape index (κ2) is 10.6. The molecule has 0 bridgehead atoms. The summed E-state index contributed by atoms with van der Waals surface area (Å²) in [5.74, 6) is 0.703. The summed E-state index contributed by atoms with van der Waals surface area (Å²) in [6, 6.07) is 22.9.